The van der Waals surface area contributed by atoms with E-state index < -0.39 is 0 Å². The van der Waals surface area contributed by atoms with Crippen molar-refractivity contribution in [1.29, 1.82) is 0 Å². The summed E-state index contributed by atoms with van der Waals surface area (Å²) < 4.78 is 0. The summed E-state index contributed by atoms with van der Waals surface area (Å²) in [6.45, 7) is 1.56. The zero-order valence-corrected chi connectivity index (χ0v) is 11.3. The second-order valence-corrected chi connectivity index (χ2v) is 5.13. The molecule has 2 rings (SSSR count). The Balaban J connectivity index is 1.92. The molecule has 0 saturated heterocycles. The maximum atomic E-state index is 5.85. The predicted octanol–water partition coefficient (Wildman–Crippen LogP) is 1.71. The Morgan fingerprint density at radius 3 is 2.72 bits per heavy atom. The number of hydrogen-bond acceptors (Lipinski definition) is 5. The van der Waals surface area contributed by atoms with E-state index >= 15 is 0 Å². The average Bonchev–Trinajstić information content (AvgIpc) is 2.92. The van der Waals surface area contributed by atoms with Crippen LogP contribution in [-0.2, 0) is 6.42 Å². The summed E-state index contributed by atoms with van der Waals surface area (Å²) in [7, 11) is 2.10. The van der Waals surface area contributed by atoms with Gasteiger partial charge in [-0.05, 0) is 31.2 Å². The fourth-order valence-electron chi connectivity index (χ4n) is 1.88. The summed E-state index contributed by atoms with van der Waals surface area (Å²) in [5.74, 6) is 0. The van der Waals surface area contributed by atoms with Gasteiger partial charge in [-0.25, -0.2) is 4.98 Å². The zero-order chi connectivity index (χ0) is 12.8. The number of nitrogens with two attached hydrogens (primary N) is 1. The minimum Gasteiger partial charge on any atom is -0.329 e. The topological polar surface area (TPSA) is 55.0 Å². The van der Waals surface area contributed by atoms with Crippen LogP contribution in [0, 0.1) is 0 Å². The van der Waals surface area contributed by atoms with Crippen molar-refractivity contribution in [2.75, 3.05) is 20.1 Å². The molecule has 4 nitrogen and oxygen atoms in total. The summed E-state index contributed by atoms with van der Waals surface area (Å²) in [5, 5.41) is 3.09. The molecule has 0 fully saturated rings. The molecule has 1 atom stereocenters. The Morgan fingerprint density at radius 2 is 2.11 bits per heavy atom. The molecule has 2 N–H and O–H groups in total. The van der Waals surface area contributed by atoms with Crippen LogP contribution in [-0.4, -0.2) is 35.0 Å². The highest BCUT2D eigenvalue weighted by Crippen LogP contribution is 2.20. The largest absolute Gasteiger partial charge is 0.329 e. The van der Waals surface area contributed by atoms with E-state index in [1.54, 1.807) is 11.3 Å². The summed E-state index contributed by atoms with van der Waals surface area (Å²) in [6.07, 6.45) is 6.49. The van der Waals surface area contributed by atoms with Crippen molar-refractivity contribution in [3.8, 4) is 0 Å². The van der Waals surface area contributed by atoms with Crippen molar-refractivity contribution in [1.82, 2.24) is 14.9 Å². The van der Waals surface area contributed by atoms with E-state index in [1.165, 1.54) is 5.56 Å². The molecule has 96 valence electrons. The Hall–Kier alpha value is -1.30. The second kappa shape index (κ2) is 6.58. The van der Waals surface area contributed by atoms with Crippen LogP contribution in [0.25, 0.3) is 0 Å². The molecule has 0 aliphatic heterocycles. The van der Waals surface area contributed by atoms with Crippen LogP contribution in [0.1, 0.15) is 16.6 Å². The van der Waals surface area contributed by atoms with Crippen LogP contribution < -0.4 is 5.73 Å². The molecule has 0 aliphatic rings. The Labute approximate surface area is 111 Å². The van der Waals surface area contributed by atoms with Crippen molar-refractivity contribution in [3.05, 3.63) is 46.7 Å². The highest BCUT2D eigenvalue weighted by Gasteiger charge is 2.17. The van der Waals surface area contributed by atoms with Gasteiger partial charge in [-0.2, -0.15) is 0 Å². The minimum atomic E-state index is 0.215. The minimum absolute atomic E-state index is 0.215. The van der Waals surface area contributed by atoms with Gasteiger partial charge in [-0.1, -0.05) is 0 Å². The third-order valence-electron chi connectivity index (χ3n) is 2.99. The molecular weight excluding hydrogens is 244 g/mol. The molecule has 0 amide bonds. The van der Waals surface area contributed by atoms with Crippen LogP contribution >= 0.6 is 11.3 Å². The number of hydrogen-bond donors (Lipinski definition) is 1. The Bertz CT molecular complexity index is 443. The lowest BCUT2D eigenvalue weighted by molar-refractivity contribution is 0.252. The molecule has 18 heavy (non-hydrogen) atoms. The fourth-order valence-corrected chi connectivity index (χ4v) is 2.70. The van der Waals surface area contributed by atoms with Crippen LogP contribution in [0.4, 0.5) is 0 Å². The van der Waals surface area contributed by atoms with Gasteiger partial charge in [0.05, 0.1) is 6.04 Å². The highest BCUT2D eigenvalue weighted by molar-refractivity contribution is 7.09. The molecule has 2 aromatic heterocycles. The van der Waals surface area contributed by atoms with Crippen molar-refractivity contribution in [3.63, 3.8) is 0 Å². The van der Waals surface area contributed by atoms with Crippen LogP contribution in [0.15, 0.2) is 36.1 Å². The van der Waals surface area contributed by atoms with Gasteiger partial charge in [-0.3, -0.25) is 9.88 Å². The SMILES string of the molecule is CN(CCc1ccncc1)C(CN)c1nccs1. The number of aromatic nitrogens is 2. The number of pyridine rings is 1. The highest BCUT2D eigenvalue weighted by atomic mass is 32.1. The van der Waals surface area contributed by atoms with Crippen molar-refractivity contribution in [2.24, 2.45) is 5.73 Å². The maximum Gasteiger partial charge on any atom is 0.111 e. The molecule has 0 saturated carbocycles. The molecule has 0 aliphatic carbocycles. The molecular formula is C13H18N4S. The van der Waals surface area contributed by atoms with E-state index in [1.807, 2.05) is 24.0 Å². The molecule has 0 radical (unpaired) electrons. The zero-order valence-electron chi connectivity index (χ0n) is 10.5. The van der Waals surface area contributed by atoms with Gasteiger partial charge in [0.15, 0.2) is 0 Å². The smallest absolute Gasteiger partial charge is 0.111 e. The van der Waals surface area contributed by atoms with Gasteiger partial charge in [0.1, 0.15) is 5.01 Å². The van der Waals surface area contributed by atoms with Crippen molar-refractivity contribution in [2.45, 2.75) is 12.5 Å². The van der Waals surface area contributed by atoms with Gasteiger partial charge in [0, 0.05) is 37.1 Å². The van der Waals surface area contributed by atoms with Crippen molar-refractivity contribution >= 4 is 11.3 Å². The van der Waals surface area contributed by atoms with Crippen LogP contribution in [0.5, 0.6) is 0 Å². The standard InChI is InChI=1S/C13H18N4S/c1-17(8-4-11-2-5-15-6-3-11)12(10-14)13-16-7-9-18-13/h2-3,5-7,9,12H,4,8,10,14H2,1H3. The molecule has 0 spiro atoms. The van der Waals surface area contributed by atoms with E-state index in [-0.39, 0.29) is 6.04 Å². The molecule has 0 aromatic carbocycles. The predicted molar refractivity (Wildman–Crippen MR) is 74.5 cm³/mol. The Kier molecular flexibility index (Phi) is 4.81. The molecule has 2 aromatic rings. The lowest BCUT2D eigenvalue weighted by Crippen LogP contribution is -2.32. The Morgan fingerprint density at radius 1 is 1.33 bits per heavy atom. The van der Waals surface area contributed by atoms with E-state index in [0.29, 0.717) is 6.54 Å². The number of rotatable bonds is 6. The summed E-state index contributed by atoms with van der Waals surface area (Å²) in [6, 6.07) is 4.32. The quantitative estimate of drug-likeness (QED) is 0.861. The molecule has 5 heteroatoms. The summed E-state index contributed by atoms with van der Waals surface area (Å²) in [4.78, 5) is 10.6. The monoisotopic (exact) mass is 262 g/mol. The van der Waals surface area contributed by atoms with E-state index in [0.717, 1.165) is 18.0 Å². The molecule has 1 unspecified atom stereocenters. The summed E-state index contributed by atoms with van der Waals surface area (Å²) >= 11 is 1.66. The maximum absolute atomic E-state index is 5.85. The van der Waals surface area contributed by atoms with Gasteiger partial charge in [0.25, 0.3) is 0 Å². The number of nitrogens with zero attached hydrogens (tertiary/aromatic N) is 3. The fraction of sp³-hybridized carbons (Fsp3) is 0.385. The summed E-state index contributed by atoms with van der Waals surface area (Å²) in [5.41, 5.74) is 7.15. The van der Waals surface area contributed by atoms with Gasteiger partial charge >= 0.3 is 0 Å². The third-order valence-corrected chi connectivity index (χ3v) is 3.87. The first-order valence-corrected chi connectivity index (χ1v) is 6.88. The molecule has 0 bridgehead atoms. The molecule has 2 heterocycles. The van der Waals surface area contributed by atoms with Crippen LogP contribution in [0.3, 0.4) is 0 Å². The van der Waals surface area contributed by atoms with Gasteiger partial charge in [-0.15, -0.1) is 11.3 Å². The van der Waals surface area contributed by atoms with Crippen molar-refractivity contribution < 1.29 is 0 Å². The first kappa shape index (κ1) is 13.1. The third kappa shape index (κ3) is 3.35. The number of likely N-dealkylation sites (N-methyl/N-ethyl adjacent to an activating group) is 1. The van der Waals surface area contributed by atoms with E-state index in [4.69, 9.17) is 5.73 Å². The van der Waals surface area contributed by atoms with Gasteiger partial charge < -0.3 is 5.73 Å². The second-order valence-electron chi connectivity index (χ2n) is 4.21. The van der Waals surface area contributed by atoms with E-state index in [2.05, 4.69) is 34.0 Å². The average molecular weight is 262 g/mol. The number of thiazole rings is 1. The lowest BCUT2D eigenvalue weighted by atomic mass is 10.2. The van der Waals surface area contributed by atoms with Gasteiger partial charge in [0.2, 0.25) is 0 Å². The van der Waals surface area contributed by atoms with Crippen LogP contribution in [0.2, 0.25) is 0 Å². The normalized spacial score (nSPS) is 12.8. The lowest BCUT2D eigenvalue weighted by Gasteiger charge is -2.25. The first-order valence-electron chi connectivity index (χ1n) is 6.00. The van der Waals surface area contributed by atoms with E-state index in [9.17, 15) is 0 Å². The first-order chi connectivity index (χ1) is 8.81.